The van der Waals surface area contributed by atoms with Crippen molar-refractivity contribution in [1.29, 1.82) is 0 Å². The lowest BCUT2D eigenvalue weighted by Crippen LogP contribution is -2.28. The van der Waals surface area contributed by atoms with Gasteiger partial charge in [0.1, 0.15) is 11.7 Å². The van der Waals surface area contributed by atoms with Crippen LogP contribution in [-0.4, -0.2) is 23.9 Å². The minimum atomic E-state index is -0.464. The fraction of sp³-hybridized carbons (Fsp3) is 0.375. The average Bonchev–Trinajstić information content (AvgIpc) is 3.03. The monoisotopic (exact) mass is 287 g/mol. The molecule has 1 amide bonds. The number of carbonyl (C=O) groups excluding carboxylic acids is 2. The van der Waals surface area contributed by atoms with Gasteiger partial charge in [-0.2, -0.15) is 0 Å². The number of carbonyl (C=O) groups is 2. The van der Waals surface area contributed by atoms with Crippen molar-refractivity contribution in [3.63, 3.8) is 0 Å². The van der Waals surface area contributed by atoms with Crippen molar-refractivity contribution in [2.24, 2.45) is 0 Å². The van der Waals surface area contributed by atoms with Crippen LogP contribution in [0.5, 0.6) is 0 Å². The van der Waals surface area contributed by atoms with E-state index in [1.54, 1.807) is 6.07 Å². The van der Waals surface area contributed by atoms with Crippen LogP contribution in [0.25, 0.3) is 11.0 Å². The molecule has 1 saturated heterocycles. The van der Waals surface area contributed by atoms with E-state index in [2.05, 4.69) is 5.32 Å². The molecule has 0 unspecified atom stereocenters. The van der Waals surface area contributed by atoms with Gasteiger partial charge in [-0.25, -0.2) is 0 Å². The number of amides is 1. The maximum absolute atomic E-state index is 12.3. The van der Waals surface area contributed by atoms with E-state index in [1.165, 1.54) is 6.92 Å². The van der Waals surface area contributed by atoms with Crippen molar-refractivity contribution in [2.45, 2.75) is 38.9 Å². The first-order chi connectivity index (χ1) is 10.1. The lowest BCUT2D eigenvalue weighted by atomic mass is 10.1. The molecule has 21 heavy (non-hydrogen) atoms. The van der Waals surface area contributed by atoms with Crippen LogP contribution in [0, 0.1) is 0 Å². The summed E-state index contributed by atoms with van der Waals surface area (Å²) in [5.41, 5.74) is 1.02. The van der Waals surface area contributed by atoms with Crippen LogP contribution in [0.4, 0.5) is 5.69 Å². The predicted molar refractivity (Wildman–Crippen MR) is 78.4 cm³/mol. The summed E-state index contributed by atoms with van der Waals surface area (Å²) in [6.45, 7) is 3.36. The molecule has 0 spiro atoms. The Bertz CT molecular complexity index is 703. The summed E-state index contributed by atoms with van der Waals surface area (Å²) in [4.78, 5) is 24.0. The van der Waals surface area contributed by atoms with Gasteiger partial charge in [-0.3, -0.25) is 9.59 Å². The first-order valence-corrected chi connectivity index (χ1v) is 7.05. The molecule has 0 bridgehead atoms. The topological polar surface area (TPSA) is 68.5 Å². The summed E-state index contributed by atoms with van der Waals surface area (Å²) in [6, 6.07) is 7.25. The molecule has 110 valence electrons. The number of hydrogen-bond acceptors (Lipinski definition) is 4. The molecule has 2 aromatic rings. The molecule has 3 rings (SSSR count). The van der Waals surface area contributed by atoms with Crippen molar-refractivity contribution in [1.82, 2.24) is 0 Å². The van der Waals surface area contributed by atoms with Gasteiger partial charge in [-0.15, -0.1) is 0 Å². The molecule has 2 heterocycles. The summed E-state index contributed by atoms with van der Waals surface area (Å²) in [5.74, 6) is -0.272. The Balaban J connectivity index is 1.93. The van der Waals surface area contributed by atoms with E-state index in [9.17, 15) is 9.59 Å². The molecule has 0 radical (unpaired) electrons. The highest BCUT2D eigenvalue weighted by Gasteiger charge is 2.30. The van der Waals surface area contributed by atoms with Gasteiger partial charge in [-0.1, -0.05) is 12.1 Å². The highest BCUT2D eigenvalue weighted by Crippen LogP contribution is 2.32. The standard InChI is InChI=1S/C16H17NO4/c1-9-7-8-13(20-9)16(19)17-14-11-5-3-4-6-12(11)21-15(14)10(2)18/h3-6,9,13H,7-8H2,1-2H3,(H,17,19)/t9-,13-/m0/s1. The number of furan rings is 1. The molecule has 5 heteroatoms. The molecule has 1 aromatic heterocycles. The lowest BCUT2D eigenvalue weighted by Gasteiger charge is -2.11. The van der Waals surface area contributed by atoms with Gasteiger partial charge in [0.05, 0.1) is 11.8 Å². The number of anilines is 1. The average molecular weight is 287 g/mol. The summed E-state index contributed by atoms with van der Waals surface area (Å²) in [7, 11) is 0. The Morgan fingerprint density at radius 2 is 2.00 bits per heavy atom. The smallest absolute Gasteiger partial charge is 0.253 e. The summed E-state index contributed by atoms with van der Waals surface area (Å²) in [6.07, 6.45) is 1.18. The molecule has 1 fully saturated rings. The highest BCUT2D eigenvalue weighted by atomic mass is 16.5. The van der Waals surface area contributed by atoms with Gasteiger partial charge in [0.25, 0.3) is 5.91 Å². The van der Waals surface area contributed by atoms with E-state index in [0.29, 0.717) is 17.7 Å². The van der Waals surface area contributed by atoms with Crippen molar-refractivity contribution in [2.75, 3.05) is 5.32 Å². The number of benzene rings is 1. The molecule has 1 aromatic carbocycles. The van der Waals surface area contributed by atoms with Crippen molar-refractivity contribution >= 4 is 28.3 Å². The van der Waals surface area contributed by atoms with E-state index in [1.807, 2.05) is 25.1 Å². The van der Waals surface area contributed by atoms with E-state index < -0.39 is 6.10 Å². The summed E-state index contributed by atoms with van der Waals surface area (Å²) >= 11 is 0. The number of hydrogen-bond donors (Lipinski definition) is 1. The summed E-state index contributed by atoms with van der Waals surface area (Å²) < 4.78 is 11.1. The molecular weight excluding hydrogens is 270 g/mol. The van der Waals surface area contributed by atoms with Gasteiger partial charge in [-0.05, 0) is 31.9 Å². The van der Waals surface area contributed by atoms with E-state index >= 15 is 0 Å². The Labute approximate surface area is 122 Å². The van der Waals surface area contributed by atoms with E-state index in [4.69, 9.17) is 9.15 Å². The van der Waals surface area contributed by atoms with E-state index in [0.717, 1.165) is 11.8 Å². The van der Waals surface area contributed by atoms with E-state index in [-0.39, 0.29) is 23.6 Å². The Morgan fingerprint density at radius 3 is 2.67 bits per heavy atom. The Morgan fingerprint density at radius 1 is 1.24 bits per heavy atom. The minimum Gasteiger partial charge on any atom is -0.451 e. The normalized spacial score (nSPS) is 21.6. The Kier molecular flexibility index (Phi) is 3.51. The third-order valence-corrected chi connectivity index (χ3v) is 3.69. The third-order valence-electron chi connectivity index (χ3n) is 3.69. The second kappa shape index (κ2) is 5.33. The van der Waals surface area contributed by atoms with Crippen molar-refractivity contribution in [3.8, 4) is 0 Å². The molecule has 5 nitrogen and oxygen atoms in total. The summed E-state index contributed by atoms with van der Waals surface area (Å²) in [5, 5.41) is 3.52. The number of para-hydroxylation sites is 1. The van der Waals surface area contributed by atoms with Gasteiger partial charge >= 0.3 is 0 Å². The van der Waals surface area contributed by atoms with Crippen LogP contribution >= 0.6 is 0 Å². The number of ether oxygens (including phenoxy) is 1. The maximum atomic E-state index is 12.3. The molecule has 1 N–H and O–H groups in total. The van der Waals surface area contributed by atoms with Crippen LogP contribution in [0.1, 0.15) is 37.2 Å². The molecule has 0 aliphatic carbocycles. The zero-order chi connectivity index (χ0) is 15.0. The van der Waals surface area contributed by atoms with Crippen molar-refractivity contribution < 1.29 is 18.7 Å². The fourth-order valence-corrected chi connectivity index (χ4v) is 2.62. The first-order valence-electron chi connectivity index (χ1n) is 7.05. The Hall–Kier alpha value is -2.14. The van der Waals surface area contributed by atoms with Crippen LogP contribution < -0.4 is 5.32 Å². The maximum Gasteiger partial charge on any atom is 0.253 e. The minimum absolute atomic E-state index is 0.0918. The molecular formula is C16H17NO4. The highest BCUT2D eigenvalue weighted by molar-refractivity contribution is 6.11. The van der Waals surface area contributed by atoms with Gasteiger partial charge in [0.2, 0.25) is 0 Å². The third kappa shape index (κ3) is 2.56. The second-order valence-corrected chi connectivity index (χ2v) is 5.36. The fourth-order valence-electron chi connectivity index (χ4n) is 2.62. The number of ketones is 1. The lowest BCUT2D eigenvalue weighted by molar-refractivity contribution is -0.126. The molecule has 2 atom stereocenters. The first kappa shape index (κ1) is 13.8. The van der Waals surface area contributed by atoms with Gasteiger partial charge in [0, 0.05) is 12.3 Å². The molecule has 1 aliphatic rings. The van der Waals surface area contributed by atoms with Crippen LogP contribution in [-0.2, 0) is 9.53 Å². The SMILES string of the molecule is CC(=O)c1oc2ccccc2c1NC(=O)[C@@H]1CC[C@H](C)O1. The number of fused-ring (bicyclic) bond motifs is 1. The number of Topliss-reactive ketones (excluding diaryl/α,β-unsaturated/α-hetero) is 1. The number of rotatable bonds is 3. The quantitative estimate of drug-likeness (QED) is 0.880. The van der Waals surface area contributed by atoms with Crippen LogP contribution in [0.15, 0.2) is 28.7 Å². The van der Waals surface area contributed by atoms with Crippen LogP contribution in [0.2, 0.25) is 0 Å². The van der Waals surface area contributed by atoms with Gasteiger partial charge < -0.3 is 14.5 Å². The van der Waals surface area contributed by atoms with Crippen molar-refractivity contribution in [3.05, 3.63) is 30.0 Å². The number of nitrogens with one attached hydrogen (secondary N) is 1. The largest absolute Gasteiger partial charge is 0.451 e. The van der Waals surface area contributed by atoms with Crippen LogP contribution in [0.3, 0.4) is 0 Å². The van der Waals surface area contributed by atoms with Gasteiger partial charge in [0.15, 0.2) is 11.5 Å². The zero-order valence-electron chi connectivity index (χ0n) is 12.0. The molecule has 1 aliphatic heterocycles. The second-order valence-electron chi connectivity index (χ2n) is 5.36. The predicted octanol–water partition coefficient (Wildman–Crippen LogP) is 3.14. The zero-order valence-corrected chi connectivity index (χ0v) is 12.0. The molecule has 0 saturated carbocycles.